The Morgan fingerprint density at radius 2 is 2.18 bits per heavy atom. The summed E-state index contributed by atoms with van der Waals surface area (Å²) in [6.07, 6.45) is 3.30. The van der Waals surface area contributed by atoms with Crippen LogP contribution in [0, 0.1) is 0 Å². The third-order valence-corrected chi connectivity index (χ3v) is 3.30. The predicted octanol–water partition coefficient (Wildman–Crippen LogP) is 3.59. The number of pyridine rings is 1. The van der Waals surface area contributed by atoms with Crippen LogP contribution in [0.2, 0.25) is 5.02 Å². The highest BCUT2D eigenvalue weighted by atomic mass is 79.9. The van der Waals surface area contributed by atoms with Crippen molar-refractivity contribution in [2.24, 2.45) is 0 Å². The van der Waals surface area contributed by atoms with Crippen molar-refractivity contribution < 1.29 is 4.42 Å². The second-order valence-electron chi connectivity index (χ2n) is 3.52. The average molecular weight is 313 g/mol. The number of imidazole rings is 1. The second kappa shape index (κ2) is 3.78. The fourth-order valence-electron chi connectivity index (χ4n) is 1.67. The van der Waals surface area contributed by atoms with Gasteiger partial charge in [0.05, 0.1) is 15.8 Å². The Labute approximate surface area is 110 Å². The molecule has 0 saturated carbocycles. The van der Waals surface area contributed by atoms with Gasteiger partial charge in [-0.15, -0.1) is 0 Å². The lowest BCUT2D eigenvalue weighted by atomic mass is 10.3. The summed E-state index contributed by atoms with van der Waals surface area (Å²) in [6, 6.07) is 5.37. The van der Waals surface area contributed by atoms with Crippen LogP contribution < -0.4 is 5.73 Å². The highest BCUT2D eigenvalue weighted by Crippen LogP contribution is 2.33. The molecular weight excluding hydrogens is 305 g/mol. The zero-order valence-corrected chi connectivity index (χ0v) is 10.9. The number of fused-ring (bicyclic) bond motifs is 1. The fourth-order valence-corrected chi connectivity index (χ4v) is 2.22. The molecule has 0 radical (unpaired) electrons. The first-order valence-corrected chi connectivity index (χ1v) is 6.00. The van der Waals surface area contributed by atoms with Crippen LogP contribution in [-0.4, -0.2) is 9.38 Å². The molecule has 3 aromatic heterocycles. The van der Waals surface area contributed by atoms with E-state index in [9.17, 15) is 0 Å². The summed E-state index contributed by atoms with van der Waals surface area (Å²) in [7, 11) is 0. The molecular formula is C11H7BrClN3O. The SMILES string of the molecule is Nc1c(-c2occc2Br)nc2ccc(Cl)cn12. The van der Waals surface area contributed by atoms with Gasteiger partial charge in [-0.05, 0) is 34.1 Å². The molecule has 0 aliphatic rings. The van der Waals surface area contributed by atoms with E-state index < -0.39 is 0 Å². The average Bonchev–Trinajstić information content (AvgIpc) is 2.84. The van der Waals surface area contributed by atoms with Crippen LogP contribution in [0.5, 0.6) is 0 Å². The molecule has 0 atom stereocenters. The van der Waals surface area contributed by atoms with Gasteiger partial charge in [-0.1, -0.05) is 11.6 Å². The van der Waals surface area contributed by atoms with E-state index in [4.69, 9.17) is 21.8 Å². The summed E-state index contributed by atoms with van der Waals surface area (Å²) in [6.45, 7) is 0. The Morgan fingerprint density at radius 1 is 1.35 bits per heavy atom. The van der Waals surface area contributed by atoms with Crippen molar-refractivity contribution in [3.05, 3.63) is 40.2 Å². The van der Waals surface area contributed by atoms with Crippen molar-refractivity contribution in [2.45, 2.75) is 0 Å². The summed E-state index contributed by atoms with van der Waals surface area (Å²) < 4.78 is 7.90. The van der Waals surface area contributed by atoms with Crippen LogP contribution in [-0.2, 0) is 0 Å². The maximum Gasteiger partial charge on any atom is 0.170 e. The molecule has 17 heavy (non-hydrogen) atoms. The van der Waals surface area contributed by atoms with Gasteiger partial charge in [0.1, 0.15) is 17.2 Å². The van der Waals surface area contributed by atoms with Gasteiger partial charge >= 0.3 is 0 Å². The molecule has 6 heteroatoms. The third kappa shape index (κ3) is 1.62. The van der Waals surface area contributed by atoms with Crippen molar-refractivity contribution in [3.63, 3.8) is 0 Å². The number of anilines is 1. The number of nitrogens with two attached hydrogens (primary N) is 1. The molecule has 3 heterocycles. The van der Waals surface area contributed by atoms with Crippen LogP contribution in [0.15, 0.2) is 39.5 Å². The van der Waals surface area contributed by atoms with E-state index in [1.165, 1.54) is 0 Å². The Balaban J connectivity index is 2.32. The van der Waals surface area contributed by atoms with E-state index in [0.717, 1.165) is 10.1 Å². The molecule has 0 saturated heterocycles. The lowest BCUT2D eigenvalue weighted by Crippen LogP contribution is -1.93. The van der Waals surface area contributed by atoms with Crippen molar-refractivity contribution in [1.82, 2.24) is 9.38 Å². The Hall–Kier alpha value is -1.46. The smallest absolute Gasteiger partial charge is 0.170 e. The number of furan rings is 1. The van der Waals surface area contributed by atoms with Gasteiger partial charge in [-0.25, -0.2) is 4.98 Å². The van der Waals surface area contributed by atoms with Crippen molar-refractivity contribution in [3.8, 4) is 11.5 Å². The zero-order chi connectivity index (χ0) is 12.0. The van der Waals surface area contributed by atoms with Gasteiger partial charge in [-0.2, -0.15) is 0 Å². The minimum atomic E-state index is 0.498. The van der Waals surface area contributed by atoms with E-state index in [2.05, 4.69) is 20.9 Å². The summed E-state index contributed by atoms with van der Waals surface area (Å²) >= 11 is 9.30. The van der Waals surface area contributed by atoms with Crippen LogP contribution in [0.4, 0.5) is 5.82 Å². The van der Waals surface area contributed by atoms with E-state index in [1.807, 2.05) is 0 Å². The Kier molecular flexibility index (Phi) is 2.38. The zero-order valence-electron chi connectivity index (χ0n) is 8.52. The highest BCUT2D eigenvalue weighted by molar-refractivity contribution is 9.10. The van der Waals surface area contributed by atoms with Gasteiger partial charge < -0.3 is 10.2 Å². The monoisotopic (exact) mass is 311 g/mol. The van der Waals surface area contributed by atoms with Gasteiger partial charge in [0, 0.05) is 6.20 Å². The van der Waals surface area contributed by atoms with Gasteiger partial charge in [0.15, 0.2) is 5.76 Å². The highest BCUT2D eigenvalue weighted by Gasteiger charge is 2.16. The lowest BCUT2D eigenvalue weighted by molar-refractivity contribution is 0.579. The molecule has 0 aliphatic heterocycles. The summed E-state index contributed by atoms with van der Waals surface area (Å²) in [5.41, 5.74) is 7.36. The molecule has 0 aromatic carbocycles. The largest absolute Gasteiger partial charge is 0.461 e. The maximum absolute atomic E-state index is 6.03. The van der Waals surface area contributed by atoms with Crippen LogP contribution >= 0.6 is 27.5 Å². The molecule has 0 aliphatic carbocycles. The molecule has 2 N–H and O–H groups in total. The minimum absolute atomic E-state index is 0.498. The summed E-state index contributed by atoms with van der Waals surface area (Å²) in [4.78, 5) is 4.41. The van der Waals surface area contributed by atoms with Gasteiger partial charge in [0.25, 0.3) is 0 Å². The predicted molar refractivity (Wildman–Crippen MR) is 70.0 cm³/mol. The second-order valence-corrected chi connectivity index (χ2v) is 4.81. The van der Waals surface area contributed by atoms with E-state index in [-0.39, 0.29) is 0 Å². The minimum Gasteiger partial charge on any atom is -0.461 e. The number of nitrogens with zero attached hydrogens (tertiary/aromatic N) is 2. The van der Waals surface area contributed by atoms with Crippen molar-refractivity contribution >= 4 is 39.0 Å². The first-order valence-electron chi connectivity index (χ1n) is 4.83. The Morgan fingerprint density at radius 3 is 2.88 bits per heavy atom. The van der Waals surface area contributed by atoms with Gasteiger partial charge in [0.2, 0.25) is 0 Å². The first kappa shape index (κ1) is 10.7. The third-order valence-electron chi connectivity index (χ3n) is 2.45. The normalized spacial score (nSPS) is 11.2. The topological polar surface area (TPSA) is 56.5 Å². The molecule has 0 fully saturated rings. The molecule has 3 aromatic rings. The number of hydrogen-bond acceptors (Lipinski definition) is 3. The van der Waals surface area contributed by atoms with E-state index in [1.54, 1.807) is 35.1 Å². The first-order chi connectivity index (χ1) is 8.16. The Bertz CT molecular complexity index is 704. The summed E-state index contributed by atoms with van der Waals surface area (Å²) in [5.74, 6) is 1.11. The van der Waals surface area contributed by atoms with Crippen molar-refractivity contribution in [1.29, 1.82) is 0 Å². The number of aromatic nitrogens is 2. The van der Waals surface area contributed by atoms with Crippen molar-refractivity contribution in [2.75, 3.05) is 5.73 Å². The molecule has 3 rings (SSSR count). The number of nitrogen functional groups attached to an aromatic ring is 1. The molecule has 0 amide bonds. The molecule has 0 unspecified atom stereocenters. The number of hydrogen-bond donors (Lipinski definition) is 1. The van der Waals surface area contributed by atoms with E-state index in [0.29, 0.717) is 22.3 Å². The summed E-state index contributed by atoms with van der Waals surface area (Å²) in [5, 5.41) is 0.603. The number of halogens is 2. The van der Waals surface area contributed by atoms with Crippen LogP contribution in [0.1, 0.15) is 0 Å². The van der Waals surface area contributed by atoms with Crippen LogP contribution in [0.3, 0.4) is 0 Å². The van der Waals surface area contributed by atoms with Gasteiger partial charge in [-0.3, -0.25) is 4.40 Å². The van der Waals surface area contributed by atoms with Crippen LogP contribution in [0.25, 0.3) is 17.1 Å². The molecule has 4 nitrogen and oxygen atoms in total. The fraction of sp³-hybridized carbons (Fsp3) is 0. The number of rotatable bonds is 1. The van der Waals surface area contributed by atoms with E-state index >= 15 is 0 Å². The quantitative estimate of drug-likeness (QED) is 0.747. The molecule has 0 bridgehead atoms. The maximum atomic E-state index is 6.03. The lowest BCUT2D eigenvalue weighted by Gasteiger charge is -1.97. The molecule has 0 spiro atoms. The standard InChI is InChI=1S/C11H7BrClN3O/c12-7-3-4-17-10(7)9-11(14)16-5-6(13)1-2-8(16)15-9/h1-5H,14H2. The molecule has 86 valence electrons.